The van der Waals surface area contributed by atoms with Crippen LogP contribution in [0.25, 0.3) is 11.1 Å². The molecule has 7 heteroatoms. The monoisotopic (exact) mass is 452 g/mol. The Morgan fingerprint density at radius 1 is 0.939 bits per heavy atom. The molecule has 0 aromatic heterocycles. The van der Waals surface area contributed by atoms with Gasteiger partial charge in [0.05, 0.1) is 0 Å². The molecule has 1 saturated heterocycles. The van der Waals surface area contributed by atoms with Gasteiger partial charge in [0.2, 0.25) is 0 Å². The van der Waals surface area contributed by atoms with E-state index in [-0.39, 0.29) is 23.5 Å². The van der Waals surface area contributed by atoms with E-state index in [0.29, 0.717) is 67.7 Å². The van der Waals surface area contributed by atoms with Crippen LogP contribution in [0.2, 0.25) is 0 Å². The van der Waals surface area contributed by atoms with E-state index in [4.69, 9.17) is 0 Å². The minimum absolute atomic E-state index is 0.0236. The molecule has 1 N–H and O–H groups in total. The minimum Gasteiger partial charge on any atom is -0.380 e. The molecular formula is C26H29FN2O4. The molecular weight excluding hydrogens is 423 g/mol. The van der Waals surface area contributed by atoms with Gasteiger partial charge < -0.3 is 14.9 Å². The molecule has 2 amide bonds. The van der Waals surface area contributed by atoms with Crippen LogP contribution in [0.15, 0.2) is 42.5 Å². The van der Waals surface area contributed by atoms with Gasteiger partial charge in [0.1, 0.15) is 11.4 Å². The first kappa shape index (κ1) is 23.1. The van der Waals surface area contributed by atoms with Crippen molar-refractivity contribution in [3.63, 3.8) is 0 Å². The van der Waals surface area contributed by atoms with Crippen LogP contribution < -0.4 is 0 Å². The van der Waals surface area contributed by atoms with Crippen molar-refractivity contribution in [1.82, 2.24) is 9.80 Å². The van der Waals surface area contributed by atoms with E-state index < -0.39 is 11.4 Å². The molecule has 2 aliphatic rings. The minimum atomic E-state index is -1.19. The smallest absolute Gasteiger partial charge is 0.254 e. The third kappa shape index (κ3) is 4.98. The number of piperazine rings is 1. The highest BCUT2D eigenvalue weighted by atomic mass is 19.1. The number of ketones is 1. The summed E-state index contributed by atoms with van der Waals surface area (Å²) in [5.74, 6) is -0.622. The molecule has 2 aromatic carbocycles. The predicted octanol–water partition coefficient (Wildman–Crippen LogP) is 3.53. The number of hydrogen-bond acceptors (Lipinski definition) is 4. The van der Waals surface area contributed by atoms with Crippen LogP contribution >= 0.6 is 0 Å². The second-order valence-corrected chi connectivity index (χ2v) is 9.41. The lowest BCUT2D eigenvalue weighted by atomic mass is 9.96. The molecule has 1 heterocycles. The summed E-state index contributed by atoms with van der Waals surface area (Å²) in [5, 5.41) is 10.0. The summed E-state index contributed by atoms with van der Waals surface area (Å²) in [5.41, 5.74) is 0.689. The average Bonchev–Trinajstić information content (AvgIpc) is 3.56. The van der Waals surface area contributed by atoms with Crippen molar-refractivity contribution in [3.05, 3.63) is 59.4 Å². The lowest BCUT2D eigenvalue weighted by molar-refractivity contribution is -0.143. The van der Waals surface area contributed by atoms with E-state index in [9.17, 15) is 23.9 Å². The van der Waals surface area contributed by atoms with Gasteiger partial charge in [-0.3, -0.25) is 14.4 Å². The number of hydrogen-bond donors (Lipinski definition) is 1. The zero-order valence-corrected chi connectivity index (χ0v) is 19.0. The van der Waals surface area contributed by atoms with Gasteiger partial charge in [-0.25, -0.2) is 4.39 Å². The lowest BCUT2D eigenvalue weighted by Crippen LogP contribution is -2.53. The maximum atomic E-state index is 14.5. The summed E-state index contributed by atoms with van der Waals surface area (Å²) in [6.45, 7) is 5.52. The zero-order chi connectivity index (χ0) is 23.8. The van der Waals surface area contributed by atoms with Crippen LogP contribution in [0.1, 0.15) is 53.8 Å². The standard InChI is InChI=1S/C26H29FN2O4/c1-17(2)15-23(30)20-7-8-22(27)21(16-20)18-3-5-19(6-4-18)24(31)28-11-13-29(14-12-28)25(32)26(33)9-10-26/h3-8,16-17,33H,9-15H2,1-2H3. The van der Waals surface area contributed by atoms with Crippen molar-refractivity contribution in [2.24, 2.45) is 5.92 Å². The molecule has 2 fully saturated rings. The van der Waals surface area contributed by atoms with E-state index >= 15 is 0 Å². The summed E-state index contributed by atoms with van der Waals surface area (Å²) in [4.78, 5) is 40.9. The third-order valence-corrected chi connectivity index (χ3v) is 6.30. The normalized spacial score (nSPS) is 17.2. The molecule has 0 atom stereocenters. The summed E-state index contributed by atoms with van der Waals surface area (Å²) in [6.07, 6.45) is 1.41. The summed E-state index contributed by atoms with van der Waals surface area (Å²) < 4.78 is 14.5. The third-order valence-electron chi connectivity index (χ3n) is 6.30. The molecule has 2 aromatic rings. The van der Waals surface area contributed by atoms with E-state index in [1.54, 1.807) is 40.1 Å². The van der Waals surface area contributed by atoms with E-state index in [1.807, 2.05) is 13.8 Å². The van der Waals surface area contributed by atoms with Crippen LogP contribution in [0.5, 0.6) is 0 Å². The summed E-state index contributed by atoms with van der Waals surface area (Å²) >= 11 is 0. The van der Waals surface area contributed by atoms with E-state index in [0.717, 1.165) is 0 Å². The summed E-state index contributed by atoms with van der Waals surface area (Å²) in [6, 6.07) is 11.1. The number of aliphatic hydroxyl groups is 1. The Labute approximate surface area is 193 Å². The Morgan fingerprint density at radius 3 is 2.09 bits per heavy atom. The second-order valence-electron chi connectivity index (χ2n) is 9.41. The molecule has 1 aliphatic carbocycles. The number of amides is 2. The van der Waals surface area contributed by atoms with Crippen molar-refractivity contribution in [2.75, 3.05) is 26.2 Å². The van der Waals surface area contributed by atoms with Crippen molar-refractivity contribution < 1.29 is 23.9 Å². The van der Waals surface area contributed by atoms with Gasteiger partial charge in [0.15, 0.2) is 5.78 Å². The molecule has 1 aliphatic heterocycles. The number of carbonyl (C=O) groups is 3. The quantitative estimate of drug-likeness (QED) is 0.681. The van der Waals surface area contributed by atoms with Gasteiger partial charge in [-0.05, 0) is 54.7 Å². The fourth-order valence-corrected chi connectivity index (χ4v) is 4.12. The van der Waals surface area contributed by atoms with Crippen molar-refractivity contribution in [3.8, 4) is 11.1 Å². The zero-order valence-electron chi connectivity index (χ0n) is 19.0. The van der Waals surface area contributed by atoms with Gasteiger partial charge in [-0.15, -0.1) is 0 Å². The van der Waals surface area contributed by atoms with Crippen molar-refractivity contribution in [1.29, 1.82) is 0 Å². The summed E-state index contributed by atoms with van der Waals surface area (Å²) in [7, 11) is 0. The highest BCUT2D eigenvalue weighted by Gasteiger charge is 2.50. The van der Waals surface area contributed by atoms with Crippen LogP contribution in [0.4, 0.5) is 4.39 Å². The lowest BCUT2D eigenvalue weighted by Gasteiger charge is -2.35. The SMILES string of the molecule is CC(C)CC(=O)c1ccc(F)c(-c2ccc(C(=O)N3CCN(C(=O)C4(O)CC4)CC3)cc2)c1. The molecule has 0 spiro atoms. The molecule has 6 nitrogen and oxygen atoms in total. The first-order valence-electron chi connectivity index (χ1n) is 11.4. The number of Topliss-reactive ketones (excluding diaryl/α,β-unsaturated/α-hetero) is 1. The first-order valence-corrected chi connectivity index (χ1v) is 11.4. The molecule has 174 valence electrons. The number of halogens is 1. The molecule has 4 rings (SSSR count). The van der Waals surface area contributed by atoms with Gasteiger partial charge in [-0.2, -0.15) is 0 Å². The second kappa shape index (κ2) is 9.06. The fraction of sp³-hybridized carbons (Fsp3) is 0.423. The van der Waals surface area contributed by atoms with Gasteiger partial charge >= 0.3 is 0 Å². The van der Waals surface area contributed by atoms with Gasteiger partial charge in [0, 0.05) is 49.3 Å². The maximum Gasteiger partial charge on any atom is 0.254 e. The molecule has 0 bridgehead atoms. The number of nitrogens with zero attached hydrogens (tertiary/aromatic N) is 2. The van der Waals surface area contributed by atoms with Crippen LogP contribution in [0.3, 0.4) is 0 Å². The Hall–Kier alpha value is -3.06. The fourth-order valence-electron chi connectivity index (χ4n) is 4.12. The Balaban J connectivity index is 1.43. The number of rotatable bonds is 6. The van der Waals surface area contributed by atoms with Crippen molar-refractivity contribution in [2.45, 2.75) is 38.7 Å². The Morgan fingerprint density at radius 2 is 1.52 bits per heavy atom. The highest BCUT2D eigenvalue weighted by Crippen LogP contribution is 2.37. The first-order chi connectivity index (χ1) is 15.7. The van der Waals surface area contributed by atoms with Crippen molar-refractivity contribution >= 4 is 17.6 Å². The Bertz CT molecular complexity index is 1070. The number of carbonyl (C=O) groups excluding carboxylic acids is 3. The molecule has 1 saturated carbocycles. The van der Waals surface area contributed by atoms with Crippen LogP contribution in [-0.2, 0) is 4.79 Å². The van der Waals surface area contributed by atoms with Crippen LogP contribution in [0, 0.1) is 11.7 Å². The van der Waals surface area contributed by atoms with Crippen LogP contribution in [-0.4, -0.2) is 64.3 Å². The predicted molar refractivity (Wildman–Crippen MR) is 122 cm³/mol. The highest BCUT2D eigenvalue weighted by molar-refractivity contribution is 5.98. The van der Waals surface area contributed by atoms with E-state index in [1.165, 1.54) is 12.1 Å². The number of benzene rings is 2. The molecule has 33 heavy (non-hydrogen) atoms. The average molecular weight is 453 g/mol. The Kier molecular flexibility index (Phi) is 6.34. The largest absolute Gasteiger partial charge is 0.380 e. The maximum absolute atomic E-state index is 14.5. The molecule has 0 unspecified atom stereocenters. The molecule has 0 radical (unpaired) electrons. The topological polar surface area (TPSA) is 77.9 Å². The van der Waals surface area contributed by atoms with E-state index in [2.05, 4.69) is 0 Å². The van der Waals surface area contributed by atoms with Gasteiger partial charge in [-0.1, -0.05) is 26.0 Å². The van der Waals surface area contributed by atoms with Gasteiger partial charge in [0.25, 0.3) is 11.8 Å².